The van der Waals surface area contributed by atoms with E-state index in [0.29, 0.717) is 0 Å². The van der Waals surface area contributed by atoms with Crippen LogP contribution in [0, 0.1) is 0 Å². The molecule has 0 spiro atoms. The Labute approximate surface area is 90.7 Å². The summed E-state index contributed by atoms with van der Waals surface area (Å²) in [4.78, 5) is 3.31. The first-order chi connectivity index (χ1) is 7.42. The Morgan fingerprint density at radius 1 is 1.20 bits per heavy atom. The summed E-state index contributed by atoms with van der Waals surface area (Å²) in [6.07, 6.45) is 5.81. The van der Waals surface area contributed by atoms with Crippen LogP contribution in [0.15, 0.2) is 30.5 Å². The lowest BCUT2D eigenvalue weighted by molar-refractivity contribution is 0.678. The predicted octanol–water partition coefficient (Wildman–Crippen LogP) is 2.71. The molecular weight excluding hydrogens is 184 g/mol. The highest BCUT2D eigenvalue weighted by molar-refractivity contribution is 5.82. The number of hydrogen-bond acceptors (Lipinski definition) is 1. The Kier molecular flexibility index (Phi) is 3.41. The van der Waals surface area contributed by atoms with Gasteiger partial charge in [-0.3, -0.25) is 0 Å². The van der Waals surface area contributed by atoms with E-state index in [-0.39, 0.29) is 0 Å². The molecule has 2 aromatic rings. The molecule has 0 atom stereocenters. The predicted molar refractivity (Wildman–Crippen MR) is 65.2 cm³/mol. The summed E-state index contributed by atoms with van der Waals surface area (Å²) in [5.41, 5.74) is 2.70. The lowest BCUT2D eigenvalue weighted by Crippen LogP contribution is -2.07. The molecule has 15 heavy (non-hydrogen) atoms. The molecule has 0 radical (unpaired) electrons. The fourth-order valence-electron chi connectivity index (χ4n) is 1.96. The molecule has 1 aromatic heterocycles. The van der Waals surface area contributed by atoms with E-state index in [2.05, 4.69) is 40.8 Å². The van der Waals surface area contributed by atoms with Gasteiger partial charge in [0.2, 0.25) is 0 Å². The van der Waals surface area contributed by atoms with E-state index in [1.54, 1.807) is 0 Å². The van der Waals surface area contributed by atoms with Crippen LogP contribution in [0.3, 0.4) is 0 Å². The summed E-state index contributed by atoms with van der Waals surface area (Å²) in [5.74, 6) is 0. The number of H-pyrrole nitrogens is 1. The molecule has 2 rings (SSSR count). The van der Waals surface area contributed by atoms with Gasteiger partial charge < -0.3 is 10.3 Å². The third-order valence-electron chi connectivity index (χ3n) is 2.80. The van der Waals surface area contributed by atoms with Gasteiger partial charge in [0.05, 0.1) is 0 Å². The van der Waals surface area contributed by atoms with Crippen molar-refractivity contribution in [3.8, 4) is 0 Å². The van der Waals surface area contributed by atoms with Crippen molar-refractivity contribution in [2.24, 2.45) is 0 Å². The summed E-state index contributed by atoms with van der Waals surface area (Å²) < 4.78 is 0. The molecule has 0 amide bonds. The zero-order chi connectivity index (χ0) is 10.5. The molecule has 1 aromatic carbocycles. The second kappa shape index (κ2) is 4.99. The molecular formula is C13H18N2. The van der Waals surface area contributed by atoms with E-state index in [9.17, 15) is 0 Å². The summed E-state index contributed by atoms with van der Waals surface area (Å²) >= 11 is 0. The number of aromatic amines is 1. The number of aryl methyl sites for hydroxylation is 1. The molecule has 0 bridgehead atoms. The average molecular weight is 202 g/mol. The molecule has 80 valence electrons. The molecule has 2 nitrogen and oxygen atoms in total. The summed E-state index contributed by atoms with van der Waals surface area (Å²) in [7, 11) is 2.01. The standard InChI is InChI=1S/C13H18N2/c1-14-9-5-4-6-11-10-15-13-8-3-2-7-12(11)13/h2-3,7-8,10,14-15H,4-6,9H2,1H3. The maximum absolute atomic E-state index is 3.31. The third-order valence-corrected chi connectivity index (χ3v) is 2.80. The normalized spacial score (nSPS) is 11.0. The van der Waals surface area contributed by atoms with E-state index < -0.39 is 0 Å². The van der Waals surface area contributed by atoms with Gasteiger partial charge in [-0.1, -0.05) is 18.2 Å². The Bertz CT molecular complexity index is 417. The maximum atomic E-state index is 3.31. The smallest absolute Gasteiger partial charge is 0.0456 e. The quantitative estimate of drug-likeness (QED) is 0.717. The van der Waals surface area contributed by atoms with Crippen LogP contribution in [0.25, 0.3) is 10.9 Å². The van der Waals surface area contributed by atoms with Gasteiger partial charge in [0.1, 0.15) is 0 Å². The van der Waals surface area contributed by atoms with Crippen molar-refractivity contribution in [3.63, 3.8) is 0 Å². The second-order valence-corrected chi connectivity index (χ2v) is 3.92. The molecule has 2 heteroatoms. The molecule has 0 saturated carbocycles. The van der Waals surface area contributed by atoms with Crippen LogP contribution in [0.4, 0.5) is 0 Å². The van der Waals surface area contributed by atoms with Crippen LogP contribution in [0.2, 0.25) is 0 Å². The van der Waals surface area contributed by atoms with Crippen molar-refractivity contribution < 1.29 is 0 Å². The molecule has 0 aliphatic rings. The van der Waals surface area contributed by atoms with E-state index in [1.807, 2.05) is 7.05 Å². The highest BCUT2D eigenvalue weighted by Gasteiger charge is 2.01. The molecule has 0 aliphatic carbocycles. The first kappa shape index (κ1) is 10.2. The van der Waals surface area contributed by atoms with Crippen LogP contribution < -0.4 is 5.32 Å². The fraction of sp³-hybridized carbons (Fsp3) is 0.385. The minimum Gasteiger partial charge on any atom is -0.361 e. The zero-order valence-corrected chi connectivity index (χ0v) is 9.22. The third kappa shape index (κ3) is 2.39. The number of hydrogen-bond donors (Lipinski definition) is 2. The van der Waals surface area contributed by atoms with Gasteiger partial charge in [0, 0.05) is 17.1 Å². The van der Waals surface area contributed by atoms with Gasteiger partial charge in [-0.2, -0.15) is 0 Å². The topological polar surface area (TPSA) is 27.8 Å². The van der Waals surface area contributed by atoms with Crippen molar-refractivity contribution in [2.45, 2.75) is 19.3 Å². The molecule has 2 N–H and O–H groups in total. The molecule has 0 aliphatic heterocycles. The maximum Gasteiger partial charge on any atom is 0.0456 e. The van der Waals surface area contributed by atoms with Crippen molar-refractivity contribution in [1.82, 2.24) is 10.3 Å². The van der Waals surface area contributed by atoms with Gasteiger partial charge in [-0.05, 0) is 44.5 Å². The van der Waals surface area contributed by atoms with Crippen LogP contribution in [-0.4, -0.2) is 18.6 Å². The monoisotopic (exact) mass is 202 g/mol. The highest BCUT2D eigenvalue weighted by Crippen LogP contribution is 2.19. The van der Waals surface area contributed by atoms with Crippen molar-refractivity contribution in [1.29, 1.82) is 0 Å². The Morgan fingerprint density at radius 2 is 2.07 bits per heavy atom. The summed E-state index contributed by atoms with van der Waals surface area (Å²) in [6.45, 7) is 1.11. The SMILES string of the molecule is CNCCCCc1c[nH]c2ccccc12. The van der Waals surface area contributed by atoms with Gasteiger partial charge >= 0.3 is 0 Å². The van der Waals surface area contributed by atoms with E-state index >= 15 is 0 Å². The molecule has 1 heterocycles. The van der Waals surface area contributed by atoms with E-state index in [0.717, 1.165) is 6.54 Å². The molecule has 0 saturated heterocycles. The number of benzene rings is 1. The van der Waals surface area contributed by atoms with Gasteiger partial charge in [0.25, 0.3) is 0 Å². The van der Waals surface area contributed by atoms with E-state index in [1.165, 1.54) is 35.7 Å². The van der Waals surface area contributed by atoms with Gasteiger partial charge in [-0.25, -0.2) is 0 Å². The fourth-order valence-corrected chi connectivity index (χ4v) is 1.96. The van der Waals surface area contributed by atoms with Crippen molar-refractivity contribution in [3.05, 3.63) is 36.0 Å². The lowest BCUT2D eigenvalue weighted by atomic mass is 10.1. The summed E-state index contributed by atoms with van der Waals surface area (Å²) in [5, 5.41) is 4.55. The van der Waals surface area contributed by atoms with Gasteiger partial charge in [0.15, 0.2) is 0 Å². The van der Waals surface area contributed by atoms with Crippen LogP contribution >= 0.6 is 0 Å². The molecule has 0 fully saturated rings. The lowest BCUT2D eigenvalue weighted by Gasteiger charge is -1.99. The Morgan fingerprint density at radius 3 is 2.93 bits per heavy atom. The Hall–Kier alpha value is -1.28. The van der Waals surface area contributed by atoms with Crippen LogP contribution in [0.5, 0.6) is 0 Å². The number of rotatable bonds is 5. The number of nitrogens with one attached hydrogen (secondary N) is 2. The number of para-hydroxylation sites is 1. The minimum atomic E-state index is 1.11. The zero-order valence-electron chi connectivity index (χ0n) is 9.22. The average Bonchev–Trinajstić information content (AvgIpc) is 2.68. The van der Waals surface area contributed by atoms with Gasteiger partial charge in [-0.15, -0.1) is 0 Å². The summed E-state index contributed by atoms with van der Waals surface area (Å²) in [6, 6.07) is 8.50. The highest BCUT2D eigenvalue weighted by atomic mass is 14.8. The second-order valence-electron chi connectivity index (χ2n) is 3.92. The van der Waals surface area contributed by atoms with E-state index in [4.69, 9.17) is 0 Å². The molecule has 0 unspecified atom stereocenters. The van der Waals surface area contributed by atoms with Crippen molar-refractivity contribution in [2.75, 3.05) is 13.6 Å². The van der Waals surface area contributed by atoms with Crippen LogP contribution in [0.1, 0.15) is 18.4 Å². The number of unbranched alkanes of at least 4 members (excludes halogenated alkanes) is 1. The number of fused-ring (bicyclic) bond motifs is 1. The minimum absolute atomic E-state index is 1.11. The largest absolute Gasteiger partial charge is 0.361 e. The first-order valence-electron chi connectivity index (χ1n) is 5.61. The number of aromatic nitrogens is 1. The Balaban J connectivity index is 2.02. The first-order valence-corrected chi connectivity index (χ1v) is 5.61. The van der Waals surface area contributed by atoms with Crippen molar-refractivity contribution >= 4 is 10.9 Å². The van der Waals surface area contributed by atoms with Crippen LogP contribution in [-0.2, 0) is 6.42 Å².